The Morgan fingerprint density at radius 1 is 0.815 bits per heavy atom. The van der Waals surface area contributed by atoms with Gasteiger partial charge in [0, 0.05) is 30.9 Å². The summed E-state index contributed by atoms with van der Waals surface area (Å²) in [5.74, 6) is 0. The highest BCUT2D eigenvalue weighted by Crippen LogP contribution is 2.36. The topological polar surface area (TPSA) is 48.9 Å². The number of halogens is 2. The van der Waals surface area contributed by atoms with Crippen LogP contribution < -0.4 is 11.2 Å². The van der Waals surface area contributed by atoms with Crippen LogP contribution in [0.4, 0.5) is 0 Å². The van der Waals surface area contributed by atoms with E-state index < -0.39 is 5.69 Å². The molecule has 0 N–H and O–H groups in total. The van der Waals surface area contributed by atoms with Crippen molar-refractivity contribution in [1.29, 1.82) is 0 Å². The summed E-state index contributed by atoms with van der Waals surface area (Å²) in [6.07, 6.45) is 1.75. The molecule has 4 aromatic rings. The van der Waals surface area contributed by atoms with Crippen LogP contribution in [-0.2, 0) is 14.1 Å². The van der Waals surface area contributed by atoms with Gasteiger partial charge in [0.1, 0.15) is 0 Å². The van der Waals surface area contributed by atoms with Gasteiger partial charge in [0.25, 0.3) is 5.56 Å². The zero-order valence-corrected chi connectivity index (χ0v) is 16.1. The maximum Gasteiger partial charge on any atom is 0.330 e. The van der Waals surface area contributed by atoms with Crippen molar-refractivity contribution < 1.29 is 0 Å². The van der Waals surface area contributed by atoms with Crippen molar-refractivity contribution in [2.45, 2.75) is 0 Å². The SMILES string of the molecule is Cn1c(=O)c2c(-c3ccccc3Cl)n(-c3ccccc3Cl)cc2n(C)c1=O. The molecule has 136 valence electrons. The van der Waals surface area contributed by atoms with Crippen molar-refractivity contribution in [1.82, 2.24) is 13.7 Å². The van der Waals surface area contributed by atoms with Gasteiger partial charge in [-0.25, -0.2) is 4.79 Å². The Balaban J connectivity index is 2.28. The fraction of sp³-hybridized carbons (Fsp3) is 0.100. The van der Waals surface area contributed by atoms with Gasteiger partial charge in [-0.3, -0.25) is 13.9 Å². The molecular weight excluding hydrogens is 385 g/mol. The molecule has 2 aromatic heterocycles. The van der Waals surface area contributed by atoms with Gasteiger partial charge in [0.15, 0.2) is 0 Å². The number of hydrogen-bond donors (Lipinski definition) is 0. The van der Waals surface area contributed by atoms with Crippen LogP contribution in [0.3, 0.4) is 0 Å². The summed E-state index contributed by atoms with van der Waals surface area (Å²) in [4.78, 5) is 25.4. The summed E-state index contributed by atoms with van der Waals surface area (Å²) in [7, 11) is 3.10. The molecule has 0 amide bonds. The minimum atomic E-state index is -0.394. The van der Waals surface area contributed by atoms with E-state index in [2.05, 4.69) is 0 Å². The van der Waals surface area contributed by atoms with E-state index >= 15 is 0 Å². The number of para-hydroxylation sites is 1. The molecule has 0 spiro atoms. The van der Waals surface area contributed by atoms with Crippen molar-refractivity contribution in [2.75, 3.05) is 0 Å². The quantitative estimate of drug-likeness (QED) is 0.511. The fourth-order valence-corrected chi connectivity index (χ4v) is 3.75. The molecule has 7 heteroatoms. The molecule has 0 unspecified atom stereocenters. The van der Waals surface area contributed by atoms with Gasteiger partial charge >= 0.3 is 5.69 Å². The second-order valence-electron chi connectivity index (χ2n) is 6.24. The predicted molar refractivity (Wildman–Crippen MR) is 109 cm³/mol. The molecular formula is C20H15Cl2N3O2. The number of rotatable bonds is 2. The molecule has 27 heavy (non-hydrogen) atoms. The van der Waals surface area contributed by atoms with Gasteiger partial charge in [-0.2, -0.15) is 0 Å². The van der Waals surface area contributed by atoms with Crippen LogP contribution in [0.1, 0.15) is 0 Å². The average molecular weight is 400 g/mol. The molecule has 2 heterocycles. The first-order chi connectivity index (χ1) is 12.9. The molecule has 0 atom stereocenters. The largest absolute Gasteiger partial charge is 0.330 e. The lowest BCUT2D eigenvalue weighted by molar-refractivity contribution is 0.714. The van der Waals surface area contributed by atoms with Crippen molar-refractivity contribution in [3.05, 3.63) is 85.6 Å². The van der Waals surface area contributed by atoms with Crippen LogP contribution >= 0.6 is 23.2 Å². The number of hydrogen-bond acceptors (Lipinski definition) is 2. The second-order valence-corrected chi connectivity index (χ2v) is 7.06. The molecule has 0 aliphatic rings. The van der Waals surface area contributed by atoms with E-state index in [1.807, 2.05) is 41.0 Å². The van der Waals surface area contributed by atoms with Crippen molar-refractivity contribution >= 4 is 34.1 Å². The van der Waals surface area contributed by atoms with Crippen molar-refractivity contribution in [3.8, 4) is 16.9 Å². The summed E-state index contributed by atoms with van der Waals surface area (Å²) >= 11 is 12.9. The molecule has 5 nitrogen and oxygen atoms in total. The summed E-state index contributed by atoms with van der Waals surface area (Å²) in [6, 6.07) is 14.6. The third-order valence-corrected chi connectivity index (χ3v) is 5.33. The Labute approximate surface area is 164 Å². The minimum Gasteiger partial charge on any atom is -0.312 e. The lowest BCUT2D eigenvalue weighted by Crippen LogP contribution is -2.36. The molecule has 2 aromatic carbocycles. The monoisotopic (exact) mass is 399 g/mol. The Kier molecular flexibility index (Phi) is 4.21. The van der Waals surface area contributed by atoms with Crippen LogP contribution in [-0.4, -0.2) is 13.7 Å². The first-order valence-corrected chi connectivity index (χ1v) is 8.98. The van der Waals surface area contributed by atoms with Crippen LogP contribution in [0.5, 0.6) is 0 Å². The highest BCUT2D eigenvalue weighted by molar-refractivity contribution is 6.34. The lowest BCUT2D eigenvalue weighted by Gasteiger charge is -2.12. The van der Waals surface area contributed by atoms with Crippen molar-refractivity contribution in [3.63, 3.8) is 0 Å². The molecule has 0 bridgehead atoms. The van der Waals surface area contributed by atoms with E-state index in [9.17, 15) is 9.59 Å². The Morgan fingerprint density at radius 2 is 1.44 bits per heavy atom. The lowest BCUT2D eigenvalue weighted by atomic mass is 10.1. The highest BCUT2D eigenvalue weighted by atomic mass is 35.5. The molecule has 4 rings (SSSR count). The maximum absolute atomic E-state index is 13.0. The summed E-state index contributed by atoms with van der Waals surface area (Å²) in [5, 5.41) is 1.43. The highest BCUT2D eigenvalue weighted by Gasteiger charge is 2.22. The summed E-state index contributed by atoms with van der Waals surface area (Å²) < 4.78 is 4.36. The third kappa shape index (κ3) is 2.62. The molecule has 0 saturated carbocycles. The van der Waals surface area contributed by atoms with Gasteiger partial charge in [-0.1, -0.05) is 53.5 Å². The summed E-state index contributed by atoms with van der Waals surface area (Å²) in [5.41, 5.74) is 1.71. The Hall–Kier alpha value is -2.76. The summed E-state index contributed by atoms with van der Waals surface area (Å²) in [6.45, 7) is 0. The van der Waals surface area contributed by atoms with E-state index in [0.29, 0.717) is 37.9 Å². The standard InChI is InChI=1S/C20H15Cl2N3O2/c1-23-16-11-25(15-10-6-5-9-14(15)22)18(12-7-3-4-8-13(12)21)17(16)19(26)24(2)20(23)27/h3-11H,1-2H3. The third-order valence-electron chi connectivity index (χ3n) is 4.68. The smallest absolute Gasteiger partial charge is 0.312 e. The van der Waals surface area contributed by atoms with Crippen LogP contribution in [0.25, 0.3) is 27.8 Å². The molecule has 0 radical (unpaired) electrons. The number of fused-ring (bicyclic) bond motifs is 1. The van der Waals surface area contributed by atoms with E-state index in [0.717, 1.165) is 4.57 Å². The van der Waals surface area contributed by atoms with Gasteiger partial charge in [-0.15, -0.1) is 0 Å². The predicted octanol–water partition coefficient (Wildman–Crippen LogP) is 4.00. The van der Waals surface area contributed by atoms with Crippen LogP contribution in [0.2, 0.25) is 10.0 Å². The zero-order chi connectivity index (χ0) is 19.3. The fourth-order valence-electron chi connectivity index (χ4n) is 3.30. The molecule has 0 aliphatic heterocycles. The van der Waals surface area contributed by atoms with Gasteiger partial charge in [0.05, 0.1) is 27.3 Å². The molecule has 0 fully saturated rings. The molecule has 0 saturated heterocycles. The number of nitrogens with zero attached hydrogens (tertiary/aromatic N) is 3. The number of aryl methyl sites for hydroxylation is 1. The number of benzene rings is 2. The van der Waals surface area contributed by atoms with Crippen molar-refractivity contribution in [2.24, 2.45) is 14.1 Å². The first kappa shape index (κ1) is 17.6. The van der Waals surface area contributed by atoms with E-state index in [1.54, 1.807) is 25.4 Å². The van der Waals surface area contributed by atoms with E-state index in [1.165, 1.54) is 11.6 Å². The van der Waals surface area contributed by atoms with Gasteiger partial charge in [-0.05, 0) is 18.2 Å². The Bertz CT molecular complexity index is 1320. The Morgan fingerprint density at radius 3 is 2.11 bits per heavy atom. The van der Waals surface area contributed by atoms with Gasteiger partial charge < -0.3 is 4.57 Å². The number of aromatic nitrogens is 3. The van der Waals surface area contributed by atoms with Crippen LogP contribution in [0.15, 0.2) is 64.3 Å². The normalized spacial score (nSPS) is 11.3. The van der Waals surface area contributed by atoms with Gasteiger partial charge in [0.2, 0.25) is 0 Å². The zero-order valence-electron chi connectivity index (χ0n) is 14.6. The van der Waals surface area contributed by atoms with Crippen LogP contribution in [0, 0.1) is 0 Å². The maximum atomic E-state index is 13.0. The first-order valence-electron chi connectivity index (χ1n) is 8.22. The second kappa shape index (κ2) is 6.44. The van der Waals surface area contributed by atoms with E-state index in [4.69, 9.17) is 23.2 Å². The van der Waals surface area contributed by atoms with E-state index in [-0.39, 0.29) is 5.56 Å². The minimum absolute atomic E-state index is 0.381. The molecule has 0 aliphatic carbocycles. The average Bonchev–Trinajstić information content (AvgIpc) is 3.05.